The highest BCUT2D eigenvalue weighted by Gasteiger charge is 2.16. The molecule has 0 heterocycles. The molecule has 0 aromatic rings. The molecule has 0 amide bonds. The van der Waals surface area contributed by atoms with E-state index < -0.39 is 12.0 Å². The summed E-state index contributed by atoms with van der Waals surface area (Å²) in [6.45, 7) is 3.79. The first kappa shape index (κ1) is 9.39. The van der Waals surface area contributed by atoms with E-state index in [0.717, 1.165) is 0 Å². The first-order valence-electron chi connectivity index (χ1n) is 3.20. The van der Waals surface area contributed by atoms with Crippen molar-refractivity contribution < 1.29 is 15.1 Å². The van der Waals surface area contributed by atoms with E-state index in [1.54, 1.807) is 5.48 Å². The maximum atomic E-state index is 10.2. The summed E-state index contributed by atoms with van der Waals surface area (Å²) in [5.41, 5.74) is 1.73. The second-order valence-corrected chi connectivity index (χ2v) is 2.65. The summed E-state index contributed by atoms with van der Waals surface area (Å²) < 4.78 is 0. The molecule has 0 aliphatic carbocycles. The molecule has 1 unspecified atom stereocenters. The Labute approximate surface area is 59.8 Å². The van der Waals surface area contributed by atoms with Gasteiger partial charge in [0, 0.05) is 0 Å². The fourth-order valence-electron chi connectivity index (χ4n) is 0.680. The number of aliphatic carboxylic acids is 1. The monoisotopic (exact) mass is 147 g/mol. The summed E-state index contributed by atoms with van der Waals surface area (Å²) in [4.78, 5) is 10.2. The molecule has 10 heavy (non-hydrogen) atoms. The van der Waals surface area contributed by atoms with Crippen molar-refractivity contribution in [2.45, 2.75) is 26.3 Å². The normalized spacial score (nSPS) is 13.6. The lowest BCUT2D eigenvalue weighted by Crippen LogP contribution is -2.35. The van der Waals surface area contributed by atoms with Gasteiger partial charge in [-0.3, -0.25) is 4.79 Å². The molecule has 1 atom stereocenters. The summed E-state index contributed by atoms with van der Waals surface area (Å²) in [6.07, 6.45) is 0.436. The third-order valence-electron chi connectivity index (χ3n) is 1.16. The highest BCUT2D eigenvalue weighted by molar-refractivity contribution is 5.73. The number of nitrogens with one attached hydrogen (secondary N) is 1. The average molecular weight is 147 g/mol. The number of rotatable bonds is 4. The molecule has 0 saturated carbocycles. The molecule has 0 aliphatic heterocycles. The molecule has 60 valence electrons. The predicted octanol–water partition coefficient (Wildman–Crippen LogP) is 0.464. The van der Waals surface area contributed by atoms with E-state index in [1.165, 1.54) is 0 Å². The summed E-state index contributed by atoms with van der Waals surface area (Å²) in [7, 11) is 0. The van der Waals surface area contributed by atoms with Crippen LogP contribution in [0.1, 0.15) is 20.3 Å². The Morgan fingerprint density at radius 3 is 2.20 bits per heavy atom. The molecule has 4 nitrogen and oxygen atoms in total. The quantitative estimate of drug-likeness (QED) is 0.505. The number of carbonyl (C=O) groups is 1. The first-order chi connectivity index (χ1) is 4.57. The molecule has 0 fully saturated rings. The van der Waals surface area contributed by atoms with E-state index in [1.807, 2.05) is 13.8 Å². The van der Waals surface area contributed by atoms with E-state index in [4.69, 9.17) is 10.3 Å². The van der Waals surface area contributed by atoms with Crippen LogP contribution in [-0.4, -0.2) is 22.3 Å². The molecule has 0 aliphatic rings. The number of hydrogen-bond donors (Lipinski definition) is 3. The number of hydroxylamine groups is 1. The Morgan fingerprint density at radius 1 is 1.60 bits per heavy atom. The Balaban J connectivity index is 3.72. The molecule has 0 saturated heterocycles. The minimum atomic E-state index is -1.02. The van der Waals surface area contributed by atoms with Gasteiger partial charge in [-0.05, 0) is 12.3 Å². The zero-order valence-corrected chi connectivity index (χ0v) is 6.16. The van der Waals surface area contributed by atoms with Crippen LogP contribution in [-0.2, 0) is 4.79 Å². The van der Waals surface area contributed by atoms with Gasteiger partial charge in [0.25, 0.3) is 0 Å². The van der Waals surface area contributed by atoms with Crippen molar-refractivity contribution in [1.29, 1.82) is 0 Å². The van der Waals surface area contributed by atoms with Crippen LogP contribution >= 0.6 is 0 Å². The lowest BCUT2D eigenvalue weighted by molar-refractivity contribution is -0.142. The Hall–Kier alpha value is -0.610. The zero-order valence-electron chi connectivity index (χ0n) is 6.16. The standard InChI is InChI=1S/C6H13NO3/c1-4(2)3-5(7-10)6(8)9/h4-5,7,10H,3H2,1-2H3,(H,8,9). The van der Waals surface area contributed by atoms with Gasteiger partial charge in [0.15, 0.2) is 0 Å². The van der Waals surface area contributed by atoms with E-state index >= 15 is 0 Å². The van der Waals surface area contributed by atoms with Gasteiger partial charge >= 0.3 is 5.97 Å². The minimum absolute atomic E-state index is 0.265. The van der Waals surface area contributed by atoms with Crippen LogP contribution < -0.4 is 5.48 Å². The Bertz CT molecular complexity index is 114. The molecule has 0 radical (unpaired) electrons. The van der Waals surface area contributed by atoms with E-state index in [-0.39, 0.29) is 5.92 Å². The highest BCUT2D eigenvalue weighted by Crippen LogP contribution is 2.03. The summed E-state index contributed by atoms with van der Waals surface area (Å²) >= 11 is 0. The van der Waals surface area contributed by atoms with Gasteiger partial charge < -0.3 is 10.3 Å². The molecule has 0 rings (SSSR count). The lowest BCUT2D eigenvalue weighted by Gasteiger charge is -2.11. The number of carboxylic acids is 1. The maximum absolute atomic E-state index is 10.2. The van der Waals surface area contributed by atoms with Crippen molar-refractivity contribution in [3.63, 3.8) is 0 Å². The van der Waals surface area contributed by atoms with Crippen molar-refractivity contribution in [3.8, 4) is 0 Å². The van der Waals surface area contributed by atoms with Gasteiger partial charge in [0.2, 0.25) is 0 Å². The molecule has 0 spiro atoms. The van der Waals surface area contributed by atoms with E-state index in [2.05, 4.69) is 0 Å². The Morgan fingerprint density at radius 2 is 2.10 bits per heavy atom. The first-order valence-corrected chi connectivity index (χ1v) is 3.20. The van der Waals surface area contributed by atoms with Crippen LogP contribution in [0.2, 0.25) is 0 Å². The summed E-state index contributed by atoms with van der Waals surface area (Å²) in [5.74, 6) is -0.753. The van der Waals surface area contributed by atoms with Gasteiger partial charge in [0.05, 0.1) is 0 Å². The van der Waals surface area contributed by atoms with Gasteiger partial charge in [-0.25, -0.2) is 0 Å². The second kappa shape index (κ2) is 4.24. The van der Waals surface area contributed by atoms with Gasteiger partial charge in [-0.2, -0.15) is 5.48 Å². The molecule has 0 bridgehead atoms. The third-order valence-corrected chi connectivity index (χ3v) is 1.16. The molecule has 0 aromatic heterocycles. The fraction of sp³-hybridized carbons (Fsp3) is 0.833. The van der Waals surface area contributed by atoms with Gasteiger partial charge in [-0.15, -0.1) is 0 Å². The van der Waals surface area contributed by atoms with Crippen molar-refractivity contribution in [2.24, 2.45) is 5.92 Å². The molecule has 3 N–H and O–H groups in total. The molecular weight excluding hydrogens is 134 g/mol. The Kier molecular flexibility index (Phi) is 3.99. The van der Waals surface area contributed by atoms with Gasteiger partial charge in [0.1, 0.15) is 6.04 Å². The van der Waals surface area contributed by atoms with Crippen LogP contribution in [0.3, 0.4) is 0 Å². The summed E-state index contributed by atoms with van der Waals surface area (Å²) in [5, 5.41) is 16.7. The van der Waals surface area contributed by atoms with Crippen molar-refractivity contribution in [2.75, 3.05) is 0 Å². The van der Waals surface area contributed by atoms with Crippen LogP contribution in [0.5, 0.6) is 0 Å². The average Bonchev–Trinajstić information content (AvgIpc) is 1.81. The van der Waals surface area contributed by atoms with Crippen LogP contribution in [0.25, 0.3) is 0 Å². The molecule has 4 heteroatoms. The minimum Gasteiger partial charge on any atom is -0.480 e. The highest BCUT2D eigenvalue weighted by atomic mass is 16.5. The lowest BCUT2D eigenvalue weighted by atomic mass is 10.1. The molecule has 0 aromatic carbocycles. The van der Waals surface area contributed by atoms with Gasteiger partial charge in [-0.1, -0.05) is 13.8 Å². The second-order valence-electron chi connectivity index (χ2n) is 2.65. The zero-order chi connectivity index (χ0) is 8.15. The third kappa shape index (κ3) is 3.42. The molecular formula is C6H13NO3. The van der Waals surface area contributed by atoms with Crippen molar-refractivity contribution in [1.82, 2.24) is 5.48 Å². The van der Waals surface area contributed by atoms with Crippen molar-refractivity contribution in [3.05, 3.63) is 0 Å². The predicted molar refractivity (Wildman–Crippen MR) is 35.8 cm³/mol. The number of hydrogen-bond acceptors (Lipinski definition) is 3. The SMILES string of the molecule is CC(C)CC(NO)C(=O)O. The largest absolute Gasteiger partial charge is 0.480 e. The topological polar surface area (TPSA) is 69.6 Å². The van der Waals surface area contributed by atoms with E-state index in [0.29, 0.717) is 6.42 Å². The van der Waals surface area contributed by atoms with Crippen LogP contribution in [0, 0.1) is 5.92 Å². The fourth-order valence-corrected chi connectivity index (χ4v) is 0.680. The smallest absolute Gasteiger partial charge is 0.323 e. The van der Waals surface area contributed by atoms with Crippen LogP contribution in [0.4, 0.5) is 0 Å². The van der Waals surface area contributed by atoms with Crippen molar-refractivity contribution >= 4 is 5.97 Å². The maximum Gasteiger partial charge on any atom is 0.323 e. The summed E-state index contributed by atoms with van der Waals surface area (Å²) in [6, 6.07) is -0.833. The van der Waals surface area contributed by atoms with Crippen LogP contribution in [0.15, 0.2) is 0 Å². The van der Waals surface area contributed by atoms with E-state index in [9.17, 15) is 4.79 Å². The number of carboxylic acid groups (broad SMARTS) is 1.